The molecule has 2 amide bonds. The first kappa shape index (κ1) is 16.0. The van der Waals surface area contributed by atoms with Gasteiger partial charge in [-0.3, -0.25) is 9.59 Å². The zero-order valence-electron chi connectivity index (χ0n) is 11.9. The minimum absolute atomic E-state index is 0.0149. The van der Waals surface area contributed by atoms with E-state index in [1.165, 1.54) is 0 Å². The van der Waals surface area contributed by atoms with Crippen molar-refractivity contribution in [3.8, 4) is 0 Å². The molecule has 110 valence electrons. The van der Waals surface area contributed by atoms with E-state index >= 15 is 0 Å². The van der Waals surface area contributed by atoms with Gasteiger partial charge in [0, 0.05) is 25.7 Å². The fourth-order valence-corrected chi connectivity index (χ4v) is 1.82. The van der Waals surface area contributed by atoms with Crippen molar-refractivity contribution in [2.24, 2.45) is 0 Å². The first-order valence-electron chi connectivity index (χ1n) is 6.93. The molecule has 0 aliphatic carbocycles. The molecule has 1 aromatic carbocycles. The molecule has 4 N–H and O–H groups in total. The van der Waals surface area contributed by atoms with E-state index in [0.717, 1.165) is 24.8 Å². The number of hydrogen-bond donors (Lipinski definition) is 3. The standard InChI is InChI=1S/C15H23N3O2/c1-17-14(19)5-3-2-4-10-18-15(20)11-12-6-8-13(16)9-7-12/h6-9H,2-5,10-11,16H2,1H3,(H,17,19)(H,18,20). The zero-order chi connectivity index (χ0) is 14.8. The van der Waals surface area contributed by atoms with Gasteiger partial charge in [-0.2, -0.15) is 0 Å². The van der Waals surface area contributed by atoms with Crippen LogP contribution >= 0.6 is 0 Å². The Morgan fingerprint density at radius 1 is 1.05 bits per heavy atom. The summed E-state index contributed by atoms with van der Waals surface area (Å²) in [4.78, 5) is 22.7. The predicted molar refractivity (Wildman–Crippen MR) is 80.1 cm³/mol. The number of rotatable bonds is 8. The highest BCUT2D eigenvalue weighted by molar-refractivity contribution is 5.78. The summed E-state index contributed by atoms with van der Waals surface area (Å²) in [6, 6.07) is 7.30. The first-order chi connectivity index (χ1) is 9.61. The molecule has 0 saturated heterocycles. The number of hydrogen-bond acceptors (Lipinski definition) is 3. The third-order valence-electron chi connectivity index (χ3n) is 3.03. The minimum Gasteiger partial charge on any atom is -0.399 e. The number of anilines is 1. The van der Waals surface area contributed by atoms with E-state index in [4.69, 9.17) is 5.73 Å². The molecule has 0 fully saturated rings. The minimum atomic E-state index is 0.0149. The van der Waals surface area contributed by atoms with Crippen LogP contribution in [-0.4, -0.2) is 25.4 Å². The third-order valence-corrected chi connectivity index (χ3v) is 3.03. The second-order valence-electron chi connectivity index (χ2n) is 4.75. The van der Waals surface area contributed by atoms with E-state index in [-0.39, 0.29) is 11.8 Å². The lowest BCUT2D eigenvalue weighted by atomic mass is 10.1. The largest absolute Gasteiger partial charge is 0.399 e. The number of nitrogens with one attached hydrogen (secondary N) is 2. The van der Waals surface area contributed by atoms with Crippen LogP contribution in [0.15, 0.2) is 24.3 Å². The van der Waals surface area contributed by atoms with Crippen molar-refractivity contribution >= 4 is 17.5 Å². The Morgan fingerprint density at radius 3 is 2.40 bits per heavy atom. The average molecular weight is 277 g/mol. The van der Waals surface area contributed by atoms with E-state index < -0.39 is 0 Å². The normalized spacial score (nSPS) is 10.1. The highest BCUT2D eigenvalue weighted by Crippen LogP contribution is 2.06. The van der Waals surface area contributed by atoms with E-state index in [9.17, 15) is 9.59 Å². The van der Waals surface area contributed by atoms with Gasteiger partial charge in [-0.25, -0.2) is 0 Å². The molecule has 0 radical (unpaired) electrons. The number of amides is 2. The number of unbranched alkanes of at least 4 members (excludes halogenated alkanes) is 2. The highest BCUT2D eigenvalue weighted by atomic mass is 16.2. The van der Waals surface area contributed by atoms with Crippen molar-refractivity contribution in [1.82, 2.24) is 10.6 Å². The maximum Gasteiger partial charge on any atom is 0.224 e. The lowest BCUT2D eigenvalue weighted by Crippen LogP contribution is -2.26. The summed E-state index contributed by atoms with van der Waals surface area (Å²) >= 11 is 0. The van der Waals surface area contributed by atoms with Crippen LogP contribution in [0.5, 0.6) is 0 Å². The van der Waals surface area contributed by atoms with Crippen LogP contribution in [0, 0.1) is 0 Å². The molecule has 20 heavy (non-hydrogen) atoms. The molecular formula is C15H23N3O2. The van der Waals surface area contributed by atoms with Crippen molar-refractivity contribution in [2.75, 3.05) is 19.3 Å². The van der Waals surface area contributed by atoms with Crippen LogP contribution in [0.1, 0.15) is 31.2 Å². The van der Waals surface area contributed by atoms with E-state index in [1.54, 1.807) is 19.2 Å². The lowest BCUT2D eigenvalue weighted by Gasteiger charge is -2.05. The first-order valence-corrected chi connectivity index (χ1v) is 6.93. The second kappa shape index (κ2) is 8.96. The molecular weight excluding hydrogens is 254 g/mol. The topological polar surface area (TPSA) is 84.2 Å². The molecule has 0 heterocycles. The molecule has 5 heteroatoms. The summed E-state index contributed by atoms with van der Waals surface area (Å²) in [5, 5.41) is 5.46. The predicted octanol–water partition coefficient (Wildman–Crippen LogP) is 1.23. The van der Waals surface area contributed by atoms with Crippen molar-refractivity contribution in [3.63, 3.8) is 0 Å². The quantitative estimate of drug-likeness (QED) is 0.493. The molecule has 0 saturated carbocycles. The van der Waals surface area contributed by atoms with Crippen LogP contribution in [0.25, 0.3) is 0 Å². The summed E-state index contributed by atoms with van der Waals surface area (Å²) in [5.41, 5.74) is 7.24. The molecule has 1 aromatic rings. The van der Waals surface area contributed by atoms with E-state index in [1.807, 2.05) is 12.1 Å². The summed E-state index contributed by atoms with van der Waals surface area (Å²) in [6.07, 6.45) is 3.61. The Balaban J connectivity index is 2.08. The van der Waals surface area contributed by atoms with Crippen molar-refractivity contribution in [3.05, 3.63) is 29.8 Å². The van der Waals surface area contributed by atoms with Gasteiger partial charge >= 0.3 is 0 Å². The van der Waals surface area contributed by atoms with Crippen LogP contribution in [0.3, 0.4) is 0 Å². The molecule has 0 aliphatic heterocycles. The van der Waals surface area contributed by atoms with Gasteiger partial charge in [0.25, 0.3) is 0 Å². The molecule has 5 nitrogen and oxygen atoms in total. The Bertz CT molecular complexity index is 429. The number of carbonyl (C=O) groups excluding carboxylic acids is 2. The summed E-state index contributed by atoms with van der Waals surface area (Å²) in [6.45, 7) is 0.654. The number of carbonyl (C=O) groups is 2. The Hall–Kier alpha value is -2.04. The summed E-state index contributed by atoms with van der Waals surface area (Å²) < 4.78 is 0. The molecule has 0 aliphatic rings. The van der Waals surface area contributed by atoms with E-state index in [0.29, 0.717) is 25.1 Å². The lowest BCUT2D eigenvalue weighted by molar-refractivity contribution is -0.121. The molecule has 0 aromatic heterocycles. The van der Waals surface area contributed by atoms with Gasteiger partial charge in [0.2, 0.25) is 11.8 Å². The average Bonchev–Trinajstić information content (AvgIpc) is 2.44. The smallest absolute Gasteiger partial charge is 0.224 e. The van der Waals surface area contributed by atoms with Gasteiger partial charge in [-0.05, 0) is 30.5 Å². The van der Waals surface area contributed by atoms with Crippen LogP contribution in [0.2, 0.25) is 0 Å². The fraction of sp³-hybridized carbons (Fsp3) is 0.467. The number of nitrogens with two attached hydrogens (primary N) is 1. The van der Waals surface area contributed by atoms with Crippen LogP contribution in [-0.2, 0) is 16.0 Å². The van der Waals surface area contributed by atoms with Gasteiger partial charge in [0.05, 0.1) is 6.42 Å². The van der Waals surface area contributed by atoms with Gasteiger partial charge in [0.15, 0.2) is 0 Å². The van der Waals surface area contributed by atoms with Crippen molar-refractivity contribution < 1.29 is 9.59 Å². The van der Waals surface area contributed by atoms with Crippen LogP contribution < -0.4 is 16.4 Å². The summed E-state index contributed by atoms with van der Waals surface area (Å²) in [7, 11) is 1.64. The van der Waals surface area contributed by atoms with E-state index in [2.05, 4.69) is 10.6 Å². The van der Waals surface area contributed by atoms with Crippen molar-refractivity contribution in [1.29, 1.82) is 0 Å². The summed E-state index contributed by atoms with van der Waals surface area (Å²) in [5.74, 6) is 0.0819. The molecule has 1 rings (SSSR count). The zero-order valence-corrected chi connectivity index (χ0v) is 11.9. The van der Waals surface area contributed by atoms with Crippen LogP contribution in [0.4, 0.5) is 5.69 Å². The van der Waals surface area contributed by atoms with Gasteiger partial charge in [-0.15, -0.1) is 0 Å². The molecule has 0 spiro atoms. The van der Waals surface area contributed by atoms with Gasteiger partial charge in [-0.1, -0.05) is 18.6 Å². The van der Waals surface area contributed by atoms with Gasteiger partial charge < -0.3 is 16.4 Å². The number of nitrogen functional groups attached to an aromatic ring is 1. The Labute approximate surface area is 119 Å². The maximum absolute atomic E-state index is 11.7. The fourth-order valence-electron chi connectivity index (χ4n) is 1.82. The molecule has 0 bridgehead atoms. The highest BCUT2D eigenvalue weighted by Gasteiger charge is 2.03. The van der Waals surface area contributed by atoms with Gasteiger partial charge in [0.1, 0.15) is 0 Å². The SMILES string of the molecule is CNC(=O)CCCCCNC(=O)Cc1ccc(N)cc1. The Kier molecular flexibility index (Phi) is 7.17. The molecule has 0 atom stereocenters. The number of benzene rings is 1. The third kappa shape index (κ3) is 6.78. The molecule has 0 unspecified atom stereocenters. The maximum atomic E-state index is 11.7. The monoisotopic (exact) mass is 277 g/mol. The second-order valence-corrected chi connectivity index (χ2v) is 4.75. The van der Waals surface area contributed by atoms with Crippen molar-refractivity contribution in [2.45, 2.75) is 32.1 Å². The Morgan fingerprint density at radius 2 is 1.75 bits per heavy atom.